The van der Waals surface area contributed by atoms with Crippen molar-refractivity contribution in [2.75, 3.05) is 32.8 Å². The van der Waals surface area contributed by atoms with Crippen molar-refractivity contribution in [3.8, 4) is 11.8 Å². The van der Waals surface area contributed by atoms with Crippen LogP contribution in [0.2, 0.25) is 0 Å². The zero-order valence-corrected chi connectivity index (χ0v) is 30.7. The quantitative estimate of drug-likeness (QED) is 0.202. The maximum atomic E-state index is 14.3. The van der Waals surface area contributed by atoms with Crippen LogP contribution in [-0.4, -0.2) is 82.5 Å². The molecular weight excluding hydrogens is 698 g/mol. The normalized spacial score (nSPS) is 19.7. The number of pyridine rings is 2. The largest absolute Gasteiger partial charge is 0.481 e. The Labute approximate surface area is 302 Å². The molecule has 15 heteroatoms. The van der Waals surface area contributed by atoms with Crippen LogP contribution in [0.4, 0.5) is 13.2 Å². The number of carboxylic acids is 1. The Morgan fingerprint density at radius 2 is 1.81 bits per heavy atom. The van der Waals surface area contributed by atoms with Crippen molar-refractivity contribution in [1.82, 2.24) is 28.8 Å². The maximum Gasteiger partial charge on any atom is 0.452 e. The van der Waals surface area contributed by atoms with Gasteiger partial charge < -0.3 is 14.6 Å². The molecule has 3 aliphatic rings. The predicted molar refractivity (Wildman–Crippen MR) is 187 cm³/mol. The number of benzene rings is 1. The predicted octanol–water partition coefficient (Wildman–Crippen LogP) is 6.24. The molecule has 1 aromatic carbocycles. The number of ether oxygens (including phenoxy) is 2. The average Bonchev–Trinajstić information content (AvgIpc) is 3.43. The van der Waals surface area contributed by atoms with Gasteiger partial charge in [-0.3, -0.25) is 14.1 Å². The maximum absolute atomic E-state index is 14.3. The van der Waals surface area contributed by atoms with Gasteiger partial charge in [-0.25, -0.2) is 8.51 Å². The first kappa shape index (κ1) is 36.3. The smallest absolute Gasteiger partial charge is 0.452 e. The number of carboxylic acid groups (broad SMARTS) is 1. The van der Waals surface area contributed by atoms with Gasteiger partial charge in [0.05, 0.1) is 12.0 Å². The minimum atomic E-state index is -4.71. The molecule has 7 rings (SSSR count). The average molecular weight is 741 g/mol. The fourth-order valence-corrected chi connectivity index (χ4v) is 8.79. The molecule has 2 fully saturated rings. The third-order valence-electron chi connectivity index (χ3n) is 10.7. The molecular formula is C37H43F3N6O5S. The van der Waals surface area contributed by atoms with Gasteiger partial charge in [-0.2, -0.15) is 18.2 Å². The molecule has 1 spiro atoms. The molecule has 2 aliphatic heterocycles. The lowest BCUT2D eigenvalue weighted by molar-refractivity contribution is -0.147. The van der Waals surface area contributed by atoms with E-state index >= 15 is 0 Å². The molecule has 1 saturated carbocycles. The van der Waals surface area contributed by atoms with Gasteiger partial charge in [-0.15, -0.1) is 10.2 Å². The fourth-order valence-electron chi connectivity index (χ4n) is 7.39. The Morgan fingerprint density at radius 3 is 2.48 bits per heavy atom. The highest BCUT2D eigenvalue weighted by Gasteiger charge is 2.51. The van der Waals surface area contributed by atoms with Crippen molar-refractivity contribution in [2.24, 2.45) is 5.41 Å². The van der Waals surface area contributed by atoms with E-state index in [1.807, 2.05) is 42.4 Å². The highest BCUT2D eigenvalue weighted by molar-refractivity contribution is 7.82. The molecule has 4 aromatic rings. The summed E-state index contributed by atoms with van der Waals surface area (Å²) in [5.41, 5.74) is 2.18. The molecule has 3 aromatic heterocycles. The number of carbonyl (C=O) groups is 1. The molecule has 278 valence electrons. The lowest BCUT2D eigenvalue weighted by Crippen LogP contribution is -2.36. The van der Waals surface area contributed by atoms with Crippen LogP contribution in [0.1, 0.15) is 84.7 Å². The summed E-state index contributed by atoms with van der Waals surface area (Å²) < 4.78 is 70.6. The number of hydrogen-bond donors (Lipinski definition) is 1. The number of aryl methyl sites for hydroxylation is 3. The van der Waals surface area contributed by atoms with Crippen LogP contribution in [0.25, 0.3) is 5.65 Å². The minimum absolute atomic E-state index is 0.000704. The first-order valence-electron chi connectivity index (χ1n) is 17.5. The molecule has 0 radical (unpaired) electrons. The van der Waals surface area contributed by atoms with E-state index < -0.39 is 45.9 Å². The van der Waals surface area contributed by atoms with Crippen molar-refractivity contribution >= 4 is 22.6 Å². The van der Waals surface area contributed by atoms with Crippen molar-refractivity contribution < 1.29 is 36.8 Å². The Hall–Kier alpha value is -4.08. The van der Waals surface area contributed by atoms with E-state index in [2.05, 4.69) is 15.1 Å². The third-order valence-corrected chi connectivity index (χ3v) is 12.1. The Kier molecular flexibility index (Phi) is 9.35. The number of fused-ring (bicyclic) bond motifs is 2. The number of halogens is 3. The lowest BCUT2D eigenvalue weighted by atomic mass is 9.70. The monoisotopic (exact) mass is 740 g/mol. The molecule has 2 atom stereocenters. The van der Waals surface area contributed by atoms with Crippen molar-refractivity contribution in [3.63, 3.8) is 0 Å². The minimum Gasteiger partial charge on any atom is -0.481 e. The zero-order valence-electron chi connectivity index (χ0n) is 29.9. The van der Waals surface area contributed by atoms with Gasteiger partial charge in [0.25, 0.3) is 0 Å². The van der Waals surface area contributed by atoms with Crippen molar-refractivity contribution in [1.29, 1.82) is 0 Å². The number of aromatic nitrogens is 4. The SMILES string of the molecule is Cc1ccc(C(c2ccn3c(C(F)(F)F)nnc3c2C)C(C)(C)C(=O)O)cc1CN1CC2(CC2)Oc2nc(OCCN3CCCC3)c(C)cc2S1=O. The molecule has 1 N–H and O–H groups in total. The Morgan fingerprint density at radius 1 is 1.08 bits per heavy atom. The number of rotatable bonds is 10. The summed E-state index contributed by atoms with van der Waals surface area (Å²) in [5, 5.41) is 17.7. The second kappa shape index (κ2) is 13.4. The van der Waals surface area contributed by atoms with E-state index in [0.29, 0.717) is 46.5 Å². The Balaban J connectivity index is 1.21. The molecule has 1 saturated heterocycles. The van der Waals surface area contributed by atoms with Gasteiger partial charge in [-0.05, 0) is 113 Å². The number of likely N-dealkylation sites (tertiary alicyclic amines) is 1. The first-order valence-corrected chi connectivity index (χ1v) is 18.7. The van der Waals surface area contributed by atoms with Gasteiger partial charge in [-0.1, -0.05) is 18.2 Å². The molecule has 5 heterocycles. The Bertz CT molecular complexity index is 2060. The topological polar surface area (TPSA) is 122 Å². The second-order valence-electron chi connectivity index (χ2n) is 14.9. The van der Waals surface area contributed by atoms with Gasteiger partial charge >= 0.3 is 12.1 Å². The fraction of sp³-hybridized carbons (Fsp3) is 0.514. The third kappa shape index (κ3) is 6.78. The van der Waals surface area contributed by atoms with Crippen LogP contribution < -0.4 is 9.47 Å². The van der Waals surface area contributed by atoms with Gasteiger partial charge in [0.2, 0.25) is 17.6 Å². The van der Waals surface area contributed by atoms with Crippen LogP contribution in [0, 0.1) is 26.2 Å². The van der Waals surface area contributed by atoms with E-state index in [9.17, 15) is 27.3 Å². The summed E-state index contributed by atoms with van der Waals surface area (Å²) in [6.45, 7) is 12.8. The van der Waals surface area contributed by atoms with E-state index in [0.717, 1.165) is 53.6 Å². The molecule has 0 bridgehead atoms. The zero-order chi connectivity index (χ0) is 37.2. The van der Waals surface area contributed by atoms with Gasteiger partial charge in [0, 0.05) is 30.8 Å². The summed E-state index contributed by atoms with van der Waals surface area (Å²) in [6, 6.07) is 9.02. The number of nitrogens with zero attached hydrogens (tertiary/aromatic N) is 6. The number of hydrogen-bond acceptors (Lipinski definition) is 8. The van der Waals surface area contributed by atoms with Crippen LogP contribution in [0.15, 0.2) is 41.4 Å². The van der Waals surface area contributed by atoms with Crippen LogP contribution in [-0.2, 0) is 28.5 Å². The van der Waals surface area contributed by atoms with Crippen LogP contribution in [0.5, 0.6) is 11.8 Å². The summed E-state index contributed by atoms with van der Waals surface area (Å²) in [4.78, 5) is 20.3. The van der Waals surface area contributed by atoms with Crippen molar-refractivity contribution in [2.45, 2.75) is 89.4 Å². The van der Waals surface area contributed by atoms with Crippen molar-refractivity contribution in [3.05, 3.63) is 75.7 Å². The van der Waals surface area contributed by atoms with E-state index in [-0.39, 0.29) is 12.2 Å². The molecule has 1 aliphatic carbocycles. The van der Waals surface area contributed by atoms with E-state index in [1.165, 1.54) is 25.1 Å². The van der Waals surface area contributed by atoms with Gasteiger partial charge in [0.15, 0.2) is 5.65 Å². The van der Waals surface area contributed by atoms with Crippen LogP contribution >= 0.6 is 0 Å². The molecule has 0 amide bonds. The van der Waals surface area contributed by atoms with E-state index in [1.54, 1.807) is 20.8 Å². The second-order valence-corrected chi connectivity index (χ2v) is 16.4. The molecule has 52 heavy (non-hydrogen) atoms. The standard InChI is InChI=1S/C37H43F3N6O5S/c1-22-8-9-25(29(35(4,5)34(47)48)27-10-15-46-30(24(27)3)42-43-33(46)37(38,39)40)19-26(22)20-45-21-36(11-12-36)51-32-28(52(45)49)18-23(2)31(41-32)50-17-16-44-13-6-7-14-44/h8-10,15,18-19,29H,6-7,11-14,16-17,20-21H2,1-5H3,(H,47,48). The first-order chi connectivity index (χ1) is 24.6. The number of aliphatic carboxylic acids is 1. The molecule has 2 unspecified atom stereocenters. The summed E-state index contributed by atoms with van der Waals surface area (Å²) in [7, 11) is -1.64. The lowest BCUT2D eigenvalue weighted by Gasteiger charge is -2.33. The highest BCUT2D eigenvalue weighted by atomic mass is 32.2. The summed E-state index contributed by atoms with van der Waals surface area (Å²) in [6.07, 6.45) is 0.509. The van der Waals surface area contributed by atoms with Gasteiger partial charge in [0.1, 0.15) is 28.1 Å². The number of alkyl halides is 3. The summed E-state index contributed by atoms with van der Waals surface area (Å²) in [5.74, 6) is -2.20. The highest BCUT2D eigenvalue weighted by Crippen LogP contribution is 2.47. The van der Waals surface area contributed by atoms with E-state index in [4.69, 9.17) is 14.5 Å². The van der Waals surface area contributed by atoms with Crippen LogP contribution in [0.3, 0.4) is 0 Å². The molecule has 11 nitrogen and oxygen atoms in total. The summed E-state index contributed by atoms with van der Waals surface area (Å²) >= 11 is 0.